The predicted octanol–water partition coefficient (Wildman–Crippen LogP) is 3.74. The molecule has 1 aromatic heterocycles. The summed E-state index contributed by atoms with van der Waals surface area (Å²) in [7, 11) is 0. The lowest BCUT2D eigenvalue weighted by Gasteiger charge is -2.26. The van der Waals surface area contributed by atoms with Crippen molar-refractivity contribution in [1.29, 1.82) is 0 Å². The normalized spacial score (nSPS) is 20.8. The molecule has 29 heavy (non-hydrogen) atoms. The number of para-hydroxylation sites is 1. The molecule has 0 bridgehead atoms. The molecule has 1 unspecified atom stereocenters. The zero-order valence-corrected chi connectivity index (χ0v) is 16.1. The fraction of sp³-hybridized carbons (Fsp3) is 0.261. The van der Waals surface area contributed by atoms with Gasteiger partial charge in [-0.05, 0) is 61.7 Å². The molecular weight excluding hydrogens is 362 g/mol. The highest BCUT2D eigenvalue weighted by Crippen LogP contribution is 2.39. The Morgan fingerprint density at radius 3 is 2.52 bits per heavy atom. The molecule has 0 amide bonds. The number of benzene rings is 2. The van der Waals surface area contributed by atoms with Crippen LogP contribution in [0.1, 0.15) is 35.7 Å². The Balaban J connectivity index is 1.46. The van der Waals surface area contributed by atoms with Crippen LogP contribution in [-0.4, -0.2) is 28.8 Å². The smallest absolute Gasteiger partial charge is 0.136 e. The van der Waals surface area contributed by atoms with E-state index < -0.39 is 0 Å². The van der Waals surface area contributed by atoms with Crippen LogP contribution in [0.4, 0.5) is 5.82 Å². The first-order chi connectivity index (χ1) is 14.3. The molecular formula is C23H23N5O. The Morgan fingerprint density at radius 2 is 1.76 bits per heavy atom. The van der Waals surface area contributed by atoms with E-state index in [9.17, 15) is 0 Å². The monoisotopic (exact) mass is 385 g/mol. The number of hydrogen-bond acceptors (Lipinski definition) is 6. The van der Waals surface area contributed by atoms with Crippen LogP contribution in [0.3, 0.4) is 0 Å². The number of fused-ring (bicyclic) bond motifs is 1. The molecule has 2 atom stereocenters. The van der Waals surface area contributed by atoms with Crippen molar-refractivity contribution in [2.24, 2.45) is 10.9 Å². The molecule has 3 heterocycles. The zero-order chi connectivity index (χ0) is 19.6. The van der Waals surface area contributed by atoms with E-state index in [1.807, 2.05) is 54.6 Å². The van der Waals surface area contributed by atoms with Crippen LogP contribution in [-0.2, 0) is 0 Å². The Kier molecular flexibility index (Phi) is 4.69. The number of ether oxygens (including phenoxy) is 1. The predicted molar refractivity (Wildman–Crippen MR) is 113 cm³/mol. The number of piperidine rings is 1. The first kappa shape index (κ1) is 17.8. The second-order valence-corrected chi connectivity index (χ2v) is 7.49. The number of nitrogens with zero attached hydrogens (tertiary/aromatic N) is 3. The molecule has 0 aliphatic carbocycles. The van der Waals surface area contributed by atoms with Crippen molar-refractivity contribution in [3.63, 3.8) is 0 Å². The summed E-state index contributed by atoms with van der Waals surface area (Å²) < 4.78 is 5.91. The lowest BCUT2D eigenvalue weighted by molar-refractivity contribution is 0.327. The van der Waals surface area contributed by atoms with Crippen molar-refractivity contribution in [3.8, 4) is 11.5 Å². The van der Waals surface area contributed by atoms with Gasteiger partial charge in [0, 0.05) is 12.1 Å². The van der Waals surface area contributed by atoms with Crippen molar-refractivity contribution in [3.05, 3.63) is 77.7 Å². The largest absolute Gasteiger partial charge is 0.457 e. The molecule has 1 fully saturated rings. The minimum Gasteiger partial charge on any atom is -0.457 e. The van der Waals surface area contributed by atoms with Gasteiger partial charge in [-0.25, -0.2) is 9.97 Å². The summed E-state index contributed by atoms with van der Waals surface area (Å²) in [5.74, 6) is 2.51. The van der Waals surface area contributed by atoms with Gasteiger partial charge in [-0.15, -0.1) is 0 Å². The van der Waals surface area contributed by atoms with Crippen molar-refractivity contribution in [1.82, 2.24) is 15.3 Å². The topological polar surface area (TPSA) is 85.4 Å². The highest BCUT2D eigenvalue weighted by molar-refractivity contribution is 6.17. The van der Waals surface area contributed by atoms with Gasteiger partial charge >= 0.3 is 0 Å². The molecule has 1 saturated heterocycles. The first-order valence-electron chi connectivity index (χ1n) is 10.0. The van der Waals surface area contributed by atoms with Crippen LogP contribution in [0, 0.1) is 5.92 Å². The van der Waals surface area contributed by atoms with E-state index in [0.717, 1.165) is 60.0 Å². The Bertz CT molecular complexity index is 1030. The van der Waals surface area contributed by atoms with Gasteiger partial charge < -0.3 is 15.8 Å². The van der Waals surface area contributed by atoms with E-state index in [0.29, 0.717) is 11.7 Å². The number of anilines is 1. The van der Waals surface area contributed by atoms with E-state index in [1.165, 1.54) is 0 Å². The molecule has 5 rings (SSSR count). The number of nitrogens with one attached hydrogen (secondary N) is 1. The molecule has 3 aromatic rings. The number of nitrogen functional groups attached to an aromatic ring is 1. The maximum Gasteiger partial charge on any atom is 0.136 e. The van der Waals surface area contributed by atoms with Crippen molar-refractivity contribution < 1.29 is 4.74 Å². The Morgan fingerprint density at radius 1 is 0.966 bits per heavy atom. The fourth-order valence-electron chi connectivity index (χ4n) is 4.15. The SMILES string of the molecule is Nc1ncnc2c1C(c1ccc(Oc3ccccc3)cc1)=NC2[C@@H]1CCCNC1. The highest BCUT2D eigenvalue weighted by Gasteiger charge is 2.35. The summed E-state index contributed by atoms with van der Waals surface area (Å²) >= 11 is 0. The average Bonchev–Trinajstić information content (AvgIpc) is 3.17. The van der Waals surface area contributed by atoms with Crippen LogP contribution in [0.15, 0.2) is 65.9 Å². The second kappa shape index (κ2) is 7.64. The van der Waals surface area contributed by atoms with Crippen LogP contribution >= 0.6 is 0 Å². The maximum absolute atomic E-state index is 6.25. The van der Waals surface area contributed by atoms with Gasteiger partial charge in [0.2, 0.25) is 0 Å². The van der Waals surface area contributed by atoms with Gasteiger partial charge in [-0.3, -0.25) is 4.99 Å². The molecule has 0 saturated carbocycles. The van der Waals surface area contributed by atoms with Gasteiger partial charge in [0.25, 0.3) is 0 Å². The minimum atomic E-state index is 0.0262. The molecule has 2 aliphatic rings. The number of aliphatic imine (C=N–C) groups is 1. The van der Waals surface area contributed by atoms with Crippen LogP contribution < -0.4 is 15.8 Å². The standard InChI is InChI=1S/C23H23N5O/c24-23-19-20(15-8-10-18(11-9-15)29-17-6-2-1-3-7-17)28-21(22(19)26-14-27-23)16-5-4-12-25-13-16/h1-3,6-11,14,16,21,25H,4-5,12-13H2,(H2,24,26,27)/t16-,21?/m1/s1. The third kappa shape index (κ3) is 3.47. The van der Waals surface area contributed by atoms with E-state index in [1.54, 1.807) is 6.33 Å². The molecule has 2 aliphatic heterocycles. The van der Waals surface area contributed by atoms with E-state index in [-0.39, 0.29) is 6.04 Å². The van der Waals surface area contributed by atoms with Crippen LogP contribution in [0.2, 0.25) is 0 Å². The van der Waals surface area contributed by atoms with Crippen molar-refractivity contribution >= 4 is 11.5 Å². The molecule has 0 spiro atoms. The summed E-state index contributed by atoms with van der Waals surface area (Å²) in [6.07, 6.45) is 3.85. The van der Waals surface area contributed by atoms with Gasteiger partial charge in [0.1, 0.15) is 23.6 Å². The quantitative estimate of drug-likeness (QED) is 0.714. The lowest BCUT2D eigenvalue weighted by atomic mass is 9.89. The summed E-state index contributed by atoms with van der Waals surface area (Å²) in [5.41, 5.74) is 9.95. The van der Waals surface area contributed by atoms with Gasteiger partial charge in [-0.1, -0.05) is 18.2 Å². The third-order valence-electron chi connectivity index (χ3n) is 5.58. The number of rotatable bonds is 4. The first-order valence-corrected chi connectivity index (χ1v) is 10.0. The summed E-state index contributed by atoms with van der Waals surface area (Å²) in [6.45, 7) is 2.02. The van der Waals surface area contributed by atoms with Gasteiger partial charge in [0.15, 0.2) is 0 Å². The van der Waals surface area contributed by atoms with E-state index >= 15 is 0 Å². The minimum absolute atomic E-state index is 0.0262. The highest BCUT2D eigenvalue weighted by atomic mass is 16.5. The molecule has 146 valence electrons. The third-order valence-corrected chi connectivity index (χ3v) is 5.58. The van der Waals surface area contributed by atoms with Crippen molar-refractivity contribution in [2.75, 3.05) is 18.8 Å². The lowest BCUT2D eigenvalue weighted by Crippen LogP contribution is -2.32. The van der Waals surface area contributed by atoms with Crippen LogP contribution in [0.25, 0.3) is 0 Å². The molecule has 6 heteroatoms. The number of hydrogen-bond donors (Lipinski definition) is 2. The Labute approximate surface area is 169 Å². The van der Waals surface area contributed by atoms with Crippen LogP contribution in [0.5, 0.6) is 11.5 Å². The van der Waals surface area contributed by atoms with E-state index in [4.69, 9.17) is 15.5 Å². The number of nitrogens with two attached hydrogens (primary N) is 1. The molecule has 0 radical (unpaired) electrons. The Hall–Kier alpha value is -3.25. The fourth-order valence-corrected chi connectivity index (χ4v) is 4.15. The molecule has 2 aromatic carbocycles. The van der Waals surface area contributed by atoms with Gasteiger partial charge in [-0.2, -0.15) is 0 Å². The summed E-state index contributed by atoms with van der Waals surface area (Å²) in [5, 5.41) is 3.48. The maximum atomic E-state index is 6.25. The molecule has 3 N–H and O–H groups in total. The summed E-state index contributed by atoms with van der Waals surface area (Å²) in [4.78, 5) is 13.9. The van der Waals surface area contributed by atoms with Crippen molar-refractivity contribution in [2.45, 2.75) is 18.9 Å². The number of aromatic nitrogens is 2. The molecule has 6 nitrogen and oxygen atoms in total. The average molecular weight is 385 g/mol. The summed E-state index contributed by atoms with van der Waals surface area (Å²) in [6, 6.07) is 17.7. The van der Waals surface area contributed by atoms with Gasteiger partial charge in [0.05, 0.1) is 23.0 Å². The second-order valence-electron chi connectivity index (χ2n) is 7.49. The zero-order valence-electron chi connectivity index (χ0n) is 16.1. The van der Waals surface area contributed by atoms with E-state index in [2.05, 4.69) is 15.3 Å².